The Bertz CT molecular complexity index is 1100. The van der Waals surface area contributed by atoms with Crippen LogP contribution in [0.1, 0.15) is 95.6 Å². The van der Waals surface area contributed by atoms with Crippen molar-refractivity contribution >= 4 is 17.7 Å². The Labute approximate surface area is 266 Å². The zero-order chi connectivity index (χ0) is 31.2. The van der Waals surface area contributed by atoms with Gasteiger partial charge in [0.2, 0.25) is 5.91 Å². The summed E-state index contributed by atoms with van der Waals surface area (Å²) in [7, 11) is 1.73. The number of benzene rings is 2. The Kier molecular flexibility index (Phi) is 18.5. The van der Waals surface area contributed by atoms with Gasteiger partial charge in [-0.1, -0.05) is 112 Å². The maximum Gasteiger partial charge on any atom is 0.219 e. The third-order valence-corrected chi connectivity index (χ3v) is 9.35. The molecule has 3 N–H and O–H groups in total. The van der Waals surface area contributed by atoms with Crippen LogP contribution in [0.2, 0.25) is 0 Å². The summed E-state index contributed by atoms with van der Waals surface area (Å²) in [5.74, 6) is 2.75. The molecule has 5 heteroatoms. The predicted molar refractivity (Wildman–Crippen MR) is 188 cm³/mol. The lowest BCUT2D eigenvalue weighted by atomic mass is 9.80. The molecule has 0 aromatic heterocycles. The minimum absolute atomic E-state index is 0.168. The molecule has 0 bridgehead atoms. The van der Waals surface area contributed by atoms with Gasteiger partial charge in [-0.15, -0.1) is 18.3 Å². The molecule has 0 spiro atoms. The summed E-state index contributed by atoms with van der Waals surface area (Å²) >= 11 is 2.08. The van der Waals surface area contributed by atoms with E-state index >= 15 is 0 Å². The summed E-state index contributed by atoms with van der Waals surface area (Å²) < 4.78 is 5.25. The van der Waals surface area contributed by atoms with Crippen LogP contribution in [0.3, 0.4) is 0 Å². The fourth-order valence-corrected chi connectivity index (χ4v) is 6.91. The second kappa shape index (κ2) is 21.9. The Morgan fingerprint density at radius 2 is 1.58 bits per heavy atom. The molecule has 0 fully saturated rings. The minimum atomic E-state index is -0.235. The lowest BCUT2D eigenvalue weighted by molar-refractivity contribution is -0.121. The number of rotatable bonds is 19. The molecule has 1 aliphatic rings. The van der Waals surface area contributed by atoms with E-state index in [0.29, 0.717) is 25.4 Å². The zero-order valence-electron chi connectivity index (χ0n) is 27.0. The summed E-state index contributed by atoms with van der Waals surface area (Å²) in [5.41, 5.74) is 9.51. The second-order valence-corrected chi connectivity index (χ2v) is 12.6. The number of hydrogen-bond acceptors (Lipinski definition) is 4. The number of ether oxygens (including phenoxy) is 1. The van der Waals surface area contributed by atoms with Crippen LogP contribution in [0, 0.1) is 5.92 Å². The lowest BCUT2D eigenvalue weighted by Crippen LogP contribution is -2.27. The molecule has 2 atom stereocenters. The van der Waals surface area contributed by atoms with E-state index in [1.54, 1.807) is 13.2 Å². The van der Waals surface area contributed by atoms with Crippen molar-refractivity contribution in [2.45, 2.75) is 89.2 Å². The molecule has 3 rings (SSSR count). The summed E-state index contributed by atoms with van der Waals surface area (Å²) in [6, 6.07) is 19.7. The normalized spacial score (nSPS) is 15.4. The minimum Gasteiger partial charge on any atom is -0.497 e. The maximum atomic E-state index is 11.8. The molecular formula is C38H56N2O2S. The fraction of sp³-hybridized carbons (Fsp3) is 0.500. The monoisotopic (exact) mass is 604 g/mol. The highest BCUT2D eigenvalue weighted by Gasteiger charge is 2.38. The van der Waals surface area contributed by atoms with Crippen molar-refractivity contribution in [1.29, 1.82) is 0 Å². The van der Waals surface area contributed by atoms with E-state index in [0.717, 1.165) is 37.2 Å². The van der Waals surface area contributed by atoms with Gasteiger partial charge in [0, 0.05) is 13.0 Å². The molecule has 1 amide bonds. The fourth-order valence-electron chi connectivity index (χ4n) is 5.33. The SMILES string of the molecule is C=CC.COc1ccc(C(SCCCCCCCCCCC(=O)NCCCN)(C2=CCC(C)C=C2)c2ccccc2)cc1. The Morgan fingerprint density at radius 1 is 0.977 bits per heavy atom. The number of unbranched alkanes of at least 4 members (excludes halogenated alkanes) is 7. The summed E-state index contributed by atoms with van der Waals surface area (Å²) in [6.07, 6.45) is 21.2. The van der Waals surface area contributed by atoms with E-state index < -0.39 is 0 Å². The molecule has 2 unspecified atom stereocenters. The van der Waals surface area contributed by atoms with Crippen molar-refractivity contribution in [3.63, 3.8) is 0 Å². The van der Waals surface area contributed by atoms with Gasteiger partial charge in [0.05, 0.1) is 11.9 Å². The van der Waals surface area contributed by atoms with Crippen molar-refractivity contribution in [2.24, 2.45) is 11.7 Å². The number of nitrogens with two attached hydrogens (primary N) is 1. The van der Waals surface area contributed by atoms with Crippen LogP contribution < -0.4 is 15.8 Å². The van der Waals surface area contributed by atoms with E-state index in [-0.39, 0.29) is 10.7 Å². The van der Waals surface area contributed by atoms with E-state index in [9.17, 15) is 4.79 Å². The summed E-state index contributed by atoms with van der Waals surface area (Å²) in [5, 5.41) is 2.94. The van der Waals surface area contributed by atoms with E-state index in [4.69, 9.17) is 10.5 Å². The number of hydrogen-bond donors (Lipinski definition) is 2. The van der Waals surface area contributed by atoms with Gasteiger partial charge >= 0.3 is 0 Å². The molecular weight excluding hydrogens is 548 g/mol. The third-order valence-electron chi connectivity index (χ3n) is 7.72. The Morgan fingerprint density at radius 3 is 2.16 bits per heavy atom. The van der Waals surface area contributed by atoms with Gasteiger partial charge in [-0.3, -0.25) is 4.79 Å². The highest BCUT2D eigenvalue weighted by molar-refractivity contribution is 8.00. The number of thioether (sulfide) groups is 1. The van der Waals surface area contributed by atoms with Crippen molar-refractivity contribution in [1.82, 2.24) is 5.32 Å². The van der Waals surface area contributed by atoms with Crippen molar-refractivity contribution in [2.75, 3.05) is 26.0 Å². The van der Waals surface area contributed by atoms with Crippen molar-refractivity contribution in [3.05, 3.63) is 102 Å². The predicted octanol–water partition coefficient (Wildman–Crippen LogP) is 9.36. The first-order valence-electron chi connectivity index (χ1n) is 16.3. The number of carbonyl (C=O) groups excluding carboxylic acids is 1. The largest absolute Gasteiger partial charge is 0.497 e. The van der Waals surface area contributed by atoms with Gasteiger partial charge in [0.15, 0.2) is 0 Å². The Hall–Kier alpha value is -2.76. The number of amides is 1. The Balaban J connectivity index is 0.00000206. The van der Waals surface area contributed by atoms with Crippen LogP contribution in [-0.2, 0) is 9.54 Å². The first-order chi connectivity index (χ1) is 21.0. The molecule has 2 aromatic rings. The highest BCUT2D eigenvalue weighted by atomic mass is 32.2. The molecule has 0 saturated heterocycles. The molecule has 0 heterocycles. The average Bonchev–Trinajstić information content (AvgIpc) is 3.03. The molecule has 43 heavy (non-hydrogen) atoms. The lowest BCUT2D eigenvalue weighted by Gasteiger charge is -2.37. The molecule has 236 valence electrons. The van der Waals surface area contributed by atoms with Crippen LogP contribution in [0.25, 0.3) is 0 Å². The van der Waals surface area contributed by atoms with Crippen molar-refractivity contribution < 1.29 is 9.53 Å². The molecule has 2 aromatic carbocycles. The molecule has 0 saturated carbocycles. The van der Waals surface area contributed by atoms with Crippen LogP contribution in [0.4, 0.5) is 0 Å². The van der Waals surface area contributed by atoms with Gasteiger partial charge in [0.1, 0.15) is 5.75 Å². The smallest absolute Gasteiger partial charge is 0.219 e. The zero-order valence-corrected chi connectivity index (χ0v) is 27.8. The molecule has 0 radical (unpaired) electrons. The number of methoxy groups -OCH3 is 1. The van der Waals surface area contributed by atoms with Gasteiger partial charge in [-0.25, -0.2) is 0 Å². The van der Waals surface area contributed by atoms with Crippen LogP contribution in [0.5, 0.6) is 5.75 Å². The molecule has 0 aliphatic heterocycles. The van der Waals surface area contributed by atoms with E-state index in [1.807, 2.05) is 6.92 Å². The quantitative estimate of drug-likeness (QED) is 0.124. The number of nitrogens with one attached hydrogen (secondary N) is 1. The maximum absolute atomic E-state index is 11.8. The van der Waals surface area contributed by atoms with Crippen LogP contribution in [0.15, 0.2) is 91.1 Å². The van der Waals surface area contributed by atoms with Crippen molar-refractivity contribution in [3.8, 4) is 5.75 Å². The van der Waals surface area contributed by atoms with Crippen LogP contribution in [-0.4, -0.2) is 31.9 Å². The highest BCUT2D eigenvalue weighted by Crippen LogP contribution is 2.51. The number of allylic oxidation sites excluding steroid dienone is 4. The molecule has 4 nitrogen and oxygen atoms in total. The number of carbonyl (C=O) groups is 1. The first kappa shape index (κ1) is 36.4. The van der Waals surface area contributed by atoms with Gasteiger partial charge in [-0.05, 0) is 79.7 Å². The second-order valence-electron chi connectivity index (χ2n) is 11.3. The molecule has 1 aliphatic carbocycles. The van der Waals surface area contributed by atoms with E-state index in [1.165, 1.54) is 55.2 Å². The first-order valence-corrected chi connectivity index (χ1v) is 17.3. The average molecular weight is 605 g/mol. The van der Waals surface area contributed by atoms with E-state index in [2.05, 4.69) is 103 Å². The summed E-state index contributed by atoms with van der Waals surface area (Å²) in [6.45, 7) is 8.87. The topological polar surface area (TPSA) is 64.3 Å². The third kappa shape index (κ3) is 12.8. The standard InChI is InChI=1S/C35H50N2O2S.C3H6/c1-29-18-20-31(21-19-29)35(30-15-10-9-11-16-30,32-22-24-33(39-2)25-23-32)40-28-13-8-6-4-3-5-7-12-17-34(38)37-27-14-26-36;1-3-2/h9-11,15-16,18,20-25,29H,3-8,12-14,17,19,26-28,36H2,1-2H3,(H,37,38);3H,1H2,2H3. The summed E-state index contributed by atoms with van der Waals surface area (Å²) in [4.78, 5) is 11.8. The van der Waals surface area contributed by atoms with Gasteiger partial charge in [0.25, 0.3) is 0 Å². The van der Waals surface area contributed by atoms with Gasteiger partial charge in [-0.2, -0.15) is 0 Å². The van der Waals surface area contributed by atoms with Crippen LogP contribution >= 0.6 is 11.8 Å². The van der Waals surface area contributed by atoms with Gasteiger partial charge < -0.3 is 15.8 Å².